The zero-order valence-electron chi connectivity index (χ0n) is 9.63. The molecule has 0 fully saturated rings. The molecule has 0 aliphatic rings. The molecule has 1 aromatic carbocycles. The molecule has 90 valence electrons. The number of nitrogens with one attached hydrogen (secondary N) is 1. The quantitative estimate of drug-likeness (QED) is 0.849. The van der Waals surface area contributed by atoms with E-state index < -0.39 is 0 Å². The first-order chi connectivity index (χ1) is 7.54. The summed E-state index contributed by atoms with van der Waals surface area (Å²) in [6.07, 6.45) is 0. The van der Waals surface area contributed by atoms with Crippen LogP contribution in [0.25, 0.3) is 0 Å². The Morgan fingerprint density at radius 3 is 2.50 bits per heavy atom. The molecule has 0 aromatic heterocycles. The van der Waals surface area contributed by atoms with Crippen LogP contribution in [0.3, 0.4) is 0 Å². The summed E-state index contributed by atoms with van der Waals surface area (Å²) in [7, 11) is 0. The fourth-order valence-electron chi connectivity index (χ4n) is 1.47. The zero-order chi connectivity index (χ0) is 12.1. The number of halogens is 2. The average Bonchev–Trinajstić information content (AvgIpc) is 2.21. The molecule has 0 aliphatic carbocycles. The molecule has 1 aromatic rings. The normalized spacial score (nSPS) is 12.9. The van der Waals surface area contributed by atoms with Crippen molar-refractivity contribution in [3.8, 4) is 0 Å². The van der Waals surface area contributed by atoms with Crippen LogP contribution in [0.15, 0.2) is 18.2 Å². The van der Waals surface area contributed by atoms with Gasteiger partial charge in [-0.05, 0) is 36.6 Å². The molecule has 0 radical (unpaired) electrons. The molecule has 4 heteroatoms. The van der Waals surface area contributed by atoms with Gasteiger partial charge in [-0.1, -0.05) is 37.0 Å². The third-order valence-electron chi connectivity index (χ3n) is 2.73. The first-order valence-electron chi connectivity index (χ1n) is 5.43. The van der Waals surface area contributed by atoms with Gasteiger partial charge in [0.25, 0.3) is 0 Å². The van der Waals surface area contributed by atoms with Crippen molar-refractivity contribution < 1.29 is 0 Å². The highest BCUT2D eigenvalue weighted by molar-refractivity contribution is 6.36. The molecule has 1 unspecified atom stereocenters. The summed E-state index contributed by atoms with van der Waals surface area (Å²) in [6, 6.07) is 5.44. The van der Waals surface area contributed by atoms with Crippen LogP contribution in [0.1, 0.15) is 13.8 Å². The topological polar surface area (TPSA) is 38.0 Å². The minimum Gasteiger partial charge on any atom is -0.384 e. The Bertz CT molecular complexity index is 340. The molecule has 0 spiro atoms. The van der Waals surface area contributed by atoms with Gasteiger partial charge in [-0.15, -0.1) is 0 Å². The lowest BCUT2D eigenvalue weighted by Crippen LogP contribution is -2.27. The summed E-state index contributed by atoms with van der Waals surface area (Å²) in [5, 5.41) is 4.60. The van der Waals surface area contributed by atoms with E-state index in [9.17, 15) is 0 Å². The van der Waals surface area contributed by atoms with E-state index in [0.717, 1.165) is 12.2 Å². The van der Waals surface area contributed by atoms with E-state index in [1.54, 1.807) is 6.07 Å². The minimum atomic E-state index is 0.451. The van der Waals surface area contributed by atoms with Crippen LogP contribution in [0.2, 0.25) is 10.0 Å². The van der Waals surface area contributed by atoms with Crippen molar-refractivity contribution in [2.24, 2.45) is 17.6 Å². The Kier molecular flexibility index (Phi) is 5.39. The summed E-state index contributed by atoms with van der Waals surface area (Å²) >= 11 is 11.9. The Balaban J connectivity index is 2.60. The van der Waals surface area contributed by atoms with Gasteiger partial charge in [0.05, 0.1) is 10.7 Å². The second-order valence-electron chi connectivity index (χ2n) is 4.24. The highest BCUT2D eigenvalue weighted by Crippen LogP contribution is 2.25. The lowest BCUT2D eigenvalue weighted by molar-refractivity contribution is 0.413. The van der Waals surface area contributed by atoms with Crippen LogP contribution in [0.5, 0.6) is 0 Å². The standard InChI is InChI=1S/C12H18Cl2N2/c1-8(2)9(6-15)7-16-12-4-3-10(13)5-11(12)14/h3-5,8-9,16H,6-7,15H2,1-2H3. The molecule has 0 heterocycles. The van der Waals surface area contributed by atoms with Crippen molar-refractivity contribution in [2.75, 3.05) is 18.4 Å². The minimum absolute atomic E-state index is 0.451. The number of benzene rings is 1. The number of nitrogens with two attached hydrogens (primary N) is 1. The van der Waals surface area contributed by atoms with E-state index in [1.165, 1.54) is 0 Å². The molecule has 1 rings (SSSR count). The molecular formula is C12H18Cl2N2. The van der Waals surface area contributed by atoms with E-state index >= 15 is 0 Å². The Morgan fingerprint density at radius 2 is 2.00 bits per heavy atom. The molecule has 0 saturated carbocycles. The van der Waals surface area contributed by atoms with Crippen molar-refractivity contribution in [1.29, 1.82) is 0 Å². The second kappa shape index (κ2) is 6.33. The van der Waals surface area contributed by atoms with Crippen LogP contribution in [-0.2, 0) is 0 Å². The van der Waals surface area contributed by atoms with Crippen molar-refractivity contribution in [1.82, 2.24) is 0 Å². The number of hydrogen-bond donors (Lipinski definition) is 2. The monoisotopic (exact) mass is 260 g/mol. The second-order valence-corrected chi connectivity index (χ2v) is 5.09. The van der Waals surface area contributed by atoms with Crippen LogP contribution < -0.4 is 11.1 Å². The van der Waals surface area contributed by atoms with Gasteiger partial charge in [-0.25, -0.2) is 0 Å². The first-order valence-corrected chi connectivity index (χ1v) is 6.19. The number of rotatable bonds is 5. The zero-order valence-corrected chi connectivity index (χ0v) is 11.1. The number of hydrogen-bond acceptors (Lipinski definition) is 2. The maximum absolute atomic E-state index is 6.06. The highest BCUT2D eigenvalue weighted by Gasteiger charge is 2.11. The summed E-state index contributed by atoms with van der Waals surface area (Å²) < 4.78 is 0. The summed E-state index contributed by atoms with van der Waals surface area (Å²) in [6.45, 7) is 5.84. The highest BCUT2D eigenvalue weighted by atomic mass is 35.5. The molecule has 0 aliphatic heterocycles. The first kappa shape index (κ1) is 13.6. The van der Waals surface area contributed by atoms with Gasteiger partial charge in [0, 0.05) is 11.6 Å². The van der Waals surface area contributed by atoms with Gasteiger partial charge in [-0.3, -0.25) is 0 Å². The molecule has 3 N–H and O–H groups in total. The van der Waals surface area contributed by atoms with E-state index in [4.69, 9.17) is 28.9 Å². The number of anilines is 1. The summed E-state index contributed by atoms with van der Waals surface area (Å²) in [4.78, 5) is 0. The van der Waals surface area contributed by atoms with Crippen LogP contribution >= 0.6 is 23.2 Å². The summed E-state index contributed by atoms with van der Waals surface area (Å²) in [5.74, 6) is 1.01. The van der Waals surface area contributed by atoms with Crippen LogP contribution in [-0.4, -0.2) is 13.1 Å². The molecule has 16 heavy (non-hydrogen) atoms. The van der Waals surface area contributed by atoms with Gasteiger partial charge in [0.2, 0.25) is 0 Å². The molecule has 0 amide bonds. The van der Waals surface area contributed by atoms with Crippen molar-refractivity contribution in [3.63, 3.8) is 0 Å². The fourth-order valence-corrected chi connectivity index (χ4v) is 1.94. The largest absolute Gasteiger partial charge is 0.384 e. The van der Waals surface area contributed by atoms with Crippen LogP contribution in [0, 0.1) is 11.8 Å². The van der Waals surface area contributed by atoms with Gasteiger partial charge >= 0.3 is 0 Å². The van der Waals surface area contributed by atoms with E-state index in [2.05, 4.69) is 19.2 Å². The lowest BCUT2D eigenvalue weighted by atomic mass is 9.96. The third-order valence-corrected chi connectivity index (χ3v) is 3.28. The van der Waals surface area contributed by atoms with E-state index in [1.807, 2.05) is 12.1 Å². The molecule has 1 atom stereocenters. The SMILES string of the molecule is CC(C)C(CN)CNc1ccc(Cl)cc1Cl. The third kappa shape index (κ3) is 3.85. The van der Waals surface area contributed by atoms with Crippen LogP contribution in [0.4, 0.5) is 5.69 Å². The van der Waals surface area contributed by atoms with E-state index in [0.29, 0.717) is 28.4 Å². The molecule has 0 bridgehead atoms. The summed E-state index contributed by atoms with van der Waals surface area (Å²) in [5.41, 5.74) is 6.61. The Hall–Kier alpha value is -0.440. The smallest absolute Gasteiger partial charge is 0.0652 e. The Labute approximate surface area is 107 Å². The maximum atomic E-state index is 6.06. The fraction of sp³-hybridized carbons (Fsp3) is 0.500. The van der Waals surface area contributed by atoms with Gasteiger partial charge < -0.3 is 11.1 Å². The molecule has 2 nitrogen and oxygen atoms in total. The van der Waals surface area contributed by atoms with Gasteiger partial charge in [-0.2, -0.15) is 0 Å². The maximum Gasteiger partial charge on any atom is 0.0652 e. The van der Waals surface area contributed by atoms with Gasteiger partial charge in [0.15, 0.2) is 0 Å². The average molecular weight is 261 g/mol. The van der Waals surface area contributed by atoms with Crippen molar-refractivity contribution in [2.45, 2.75) is 13.8 Å². The van der Waals surface area contributed by atoms with Gasteiger partial charge in [0.1, 0.15) is 0 Å². The van der Waals surface area contributed by atoms with Crippen molar-refractivity contribution in [3.05, 3.63) is 28.2 Å². The lowest BCUT2D eigenvalue weighted by Gasteiger charge is -2.20. The molecule has 0 saturated heterocycles. The van der Waals surface area contributed by atoms with E-state index in [-0.39, 0.29) is 0 Å². The predicted molar refractivity (Wildman–Crippen MR) is 72.3 cm³/mol. The van der Waals surface area contributed by atoms with Crippen molar-refractivity contribution >= 4 is 28.9 Å². The Morgan fingerprint density at radius 1 is 1.31 bits per heavy atom. The predicted octanol–water partition coefficient (Wildman–Crippen LogP) is 3.64. The molecular weight excluding hydrogens is 243 g/mol.